The summed E-state index contributed by atoms with van der Waals surface area (Å²) in [5.74, 6) is 1.10. The molecule has 30 heavy (non-hydrogen) atoms. The van der Waals surface area contributed by atoms with Crippen molar-refractivity contribution in [1.29, 1.82) is 0 Å². The van der Waals surface area contributed by atoms with Gasteiger partial charge in [0.15, 0.2) is 5.13 Å². The first-order valence-corrected chi connectivity index (χ1v) is 11.9. The number of amides is 1. The van der Waals surface area contributed by atoms with Crippen LogP contribution in [0, 0.1) is 5.92 Å². The first-order chi connectivity index (χ1) is 14.7. The zero-order valence-corrected chi connectivity index (χ0v) is 18.6. The fourth-order valence-electron chi connectivity index (χ4n) is 4.13. The third-order valence-electron chi connectivity index (χ3n) is 5.78. The first kappa shape index (κ1) is 21.3. The first-order valence-electron chi connectivity index (χ1n) is 11.1. The van der Waals surface area contributed by atoms with Crippen LogP contribution in [0.1, 0.15) is 26.2 Å². The summed E-state index contributed by atoms with van der Waals surface area (Å²) in [6.45, 7) is 9.76. The summed E-state index contributed by atoms with van der Waals surface area (Å²) in [4.78, 5) is 22.2. The Hall–Kier alpha value is -1.90. The van der Waals surface area contributed by atoms with Crippen molar-refractivity contribution in [2.75, 3.05) is 64.0 Å². The van der Waals surface area contributed by atoms with Crippen LogP contribution in [0.3, 0.4) is 0 Å². The molecule has 1 aromatic carbocycles. The van der Waals surface area contributed by atoms with Crippen molar-refractivity contribution in [1.82, 2.24) is 15.2 Å². The Bertz CT molecular complexity index is 837. The molecule has 0 bridgehead atoms. The molecule has 1 amide bonds. The topological polar surface area (TPSA) is 66.9 Å². The minimum atomic E-state index is 0.0353. The Morgan fingerprint density at radius 3 is 3.03 bits per heavy atom. The SMILES string of the molecule is CCOc1ccc2nc(N3CCC[C@H](C(=O)NCCCN4CCOCC4)C3)sc2c1. The molecule has 164 valence electrons. The van der Waals surface area contributed by atoms with Crippen LogP contribution in [-0.4, -0.2) is 74.9 Å². The van der Waals surface area contributed by atoms with Crippen molar-refractivity contribution in [3.63, 3.8) is 0 Å². The van der Waals surface area contributed by atoms with E-state index in [4.69, 9.17) is 14.5 Å². The molecule has 2 saturated heterocycles. The van der Waals surface area contributed by atoms with Crippen LogP contribution in [0.25, 0.3) is 10.2 Å². The highest BCUT2D eigenvalue weighted by Gasteiger charge is 2.27. The fraction of sp³-hybridized carbons (Fsp3) is 0.636. The summed E-state index contributed by atoms with van der Waals surface area (Å²) >= 11 is 1.68. The number of aromatic nitrogens is 1. The summed E-state index contributed by atoms with van der Waals surface area (Å²) in [6.07, 6.45) is 2.96. The largest absolute Gasteiger partial charge is 0.494 e. The maximum absolute atomic E-state index is 12.7. The number of thiazole rings is 1. The number of rotatable bonds is 8. The number of nitrogens with one attached hydrogen (secondary N) is 1. The number of morpholine rings is 1. The van der Waals surface area contributed by atoms with Crippen LogP contribution in [0.5, 0.6) is 5.75 Å². The zero-order valence-electron chi connectivity index (χ0n) is 17.8. The molecule has 2 aliphatic heterocycles. The zero-order chi connectivity index (χ0) is 20.8. The fourth-order valence-corrected chi connectivity index (χ4v) is 5.16. The normalized spacial score (nSPS) is 20.4. The molecule has 1 N–H and O–H groups in total. The number of carbonyl (C=O) groups is 1. The molecule has 1 aromatic heterocycles. The number of carbonyl (C=O) groups excluding carboxylic acids is 1. The third-order valence-corrected chi connectivity index (χ3v) is 6.86. The van der Waals surface area contributed by atoms with Crippen LogP contribution in [0.4, 0.5) is 5.13 Å². The van der Waals surface area contributed by atoms with Crippen LogP contribution in [0.15, 0.2) is 18.2 Å². The van der Waals surface area contributed by atoms with E-state index in [-0.39, 0.29) is 11.8 Å². The van der Waals surface area contributed by atoms with Gasteiger partial charge in [-0.25, -0.2) is 4.98 Å². The Kier molecular flexibility index (Phi) is 7.41. The van der Waals surface area contributed by atoms with E-state index >= 15 is 0 Å². The van der Waals surface area contributed by atoms with Crippen LogP contribution in [0.2, 0.25) is 0 Å². The van der Waals surface area contributed by atoms with E-state index in [2.05, 4.69) is 21.2 Å². The highest BCUT2D eigenvalue weighted by atomic mass is 32.1. The monoisotopic (exact) mass is 432 g/mol. The molecule has 2 aromatic rings. The molecule has 0 aliphatic carbocycles. The number of nitrogens with zero attached hydrogens (tertiary/aromatic N) is 3. The van der Waals surface area contributed by atoms with Crippen molar-refractivity contribution in [3.8, 4) is 5.75 Å². The molecule has 0 unspecified atom stereocenters. The lowest BCUT2D eigenvalue weighted by molar-refractivity contribution is -0.125. The predicted molar refractivity (Wildman–Crippen MR) is 121 cm³/mol. The van der Waals surface area contributed by atoms with E-state index < -0.39 is 0 Å². The van der Waals surface area contributed by atoms with E-state index in [0.29, 0.717) is 6.61 Å². The molecule has 3 heterocycles. The number of fused-ring (bicyclic) bond motifs is 1. The minimum absolute atomic E-state index is 0.0353. The maximum Gasteiger partial charge on any atom is 0.224 e. The summed E-state index contributed by atoms with van der Waals surface area (Å²) in [5.41, 5.74) is 0.994. The predicted octanol–water partition coefficient (Wildman–Crippen LogP) is 2.75. The van der Waals surface area contributed by atoms with Crippen LogP contribution >= 0.6 is 11.3 Å². The van der Waals surface area contributed by atoms with Gasteiger partial charge in [0.2, 0.25) is 5.91 Å². The van der Waals surface area contributed by atoms with Gasteiger partial charge >= 0.3 is 0 Å². The van der Waals surface area contributed by atoms with Gasteiger partial charge < -0.3 is 19.7 Å². The summed E-state index contributed by atoms with van der Waals surface area (Å²) in [5, 5.41) is 4.16. The molecule has 4 rings (SSSR count). The Labute approximate surface area is 182 Å². The molecular formula is C22H32N4O3S. The number of benzene rings is 1. The second-order valence-electron chi connectivity index (χ2n) is 7.94. The van der Waals surface area contributed by atoms with Gasteiger partial charge in [-0.1, -0.05) is 11.3 Å². The molecular weight excluding hydrogens is 400 g/mol. The van der Waals surface area contributed by atoms with Crippen molar-refractivity contribution >= 4 is 32.6 Å². The maximum atomic E-state index is 12.7. The van der Waals surface area contributed by atoms with Gasteiger partial charge in [-0.3, -0.25) is 9.69 Å². The average molecular weight is 433 g/mol. The summed E-state index contributed by atoms with van der Waals surface area (Å²) in [7, 11) is 0. The lowest BCUT2D eigenvalue weighted by Crippen LogP contribution is -2.44. The molecule has 0 saturated carbocycles. The summed E-state index contributed by atoms with van der Waals surface area (Å²) in [6, 6.07) is 6.05. The van der Waals surface area contributed by atoms with Gasteiger partial charge in [-0.05, 0) is 50.9 Å². The highest BCUT2D eigenvalue weighted by molar-refractivity contribution is 7.22. The van der Waals surface area contributed by atoms with Crippen LogP contribution < -0.4 is 15.0 Å². The third kappa shape index (κ3) is 5.42. The van der Waals surface area contributed by atoms with Gasteiger partial charge in [0, 0.05) is 32.7 Å². The second kappa shape index (κ2) is 10.4. The lowest BCUT2D eigenvalue weighted by Gasteiger charge is -2.32. The van der Waals surface area contributed by atoms with Crippen molar-refractivity contribution in [2.45, 2.75) is 26.2 Å². The highest BCUT2D eigenvalue weighted by Crippen LogP contribution is 2.33. The van der Waals surface area contributed by atoms with Gasteiger partial charge in [0.1, 0.15) is 5.75 Å². The second-order valence-corrected chi connectivity index (χ2v) is 8.95. The van der Waals surface area contributed by atoms with E-state index in [1.807, 2.05) is 19.1 Å². The van der Waals surface area contributed by atoms with Crippen LogP contribution in [-0.2, 0) is 9.53 Å². The van der Waals surface area contributed by atoms with Crippen molar-refractivity contribution in [2.24, 2.45) is 5.92 Å². The molecule has 7 nitrogen and oxygen atoms in total. The standard InChI is InChI=1S/C22H32N4O3S/c1-2-29-18-6-7-19-20(15-18)30-22(24-19)26-10-3-5-17(16-26)21(27)23-8-4-9-25-11-13-28-14-12-25/h6-7,15,17H,2-5,8-14,16H2,1H3,(H,23,27)/t17-/m0/s1. The Morgan fingerprint density at radius 1 is 1.33 bits per heavy atom. The van der Waals surface area contributed by atoms with E-state index in [1.54, 1.807) is 11.3 Å². The van der Waals surface area contributed by atoms with E-state index in [9.17, 15) is 4.79 Å². The van der Waals surface area contributed by atoms with Crippen molar-refractivity contribution in [3.05, 3.63) is 18.2 Å². The van der Waals surface area contributed by atoms with E-state index in [1.165, 1.54) is 0 Å². The number of hydrogen-bond acceptors (Lipinski definition) is 7. The molecule has 8 heteroatoms. The number of ether oxygens (including phenoxy) is 2. The van der Waals surface area contributed by atoms with Gasteiger partial charge in [0.25, 0.3) is 0 Å². The van der Waals surface area contributed by atoms with Crippen molar-refractivity contribution < 1.29 is 14.3 Å². The lowest BCUT2D eigenvalue weighted by atomic mass is 9.97. The van der Waals surface area contributed by atoms with Gasteiger partial charge in [-0.2, -0.15) is 0 Å². The van der Waals surface area contributed by atoms with Gasteiger partial charge in [-0.15, -0.1) is 0 Å². The van der Waals surface area contributed by atoms with Gasteiger partial charge in [0.05, 0.1) is 36.0 Å². The molecule has 0 spiro atoms. The molecule has 2 fully saturated rings. The quantitative estimate of drug-likeness (QED) is 0.647. The summed E-state index contributed by atoms with van der Waals surface area (Å²) < 4.78 is 12.1. The number of hydrogen-bond donors (Lipinski definition) is 1. The Balaban J connectivity index is 1.28. The number of piperidine rings is 1. The van der Waals surface area contributed by atoms with E-state index in [0.717, 1.165) is 92.8 Å². The molecule has 2 aliphatic rings. The smallest absolute Gasteiger partial charge is 0.224 e. The molecule has 1 atom stereocenters. The number of anilines is 1. The average Bonchev–Trinajstić information content (AvgIpc) is 3.21. The molecule has 0 radical (unpaired) electrons. The minimum Gasteiger partial charge on any atom is -0.494 e. The Morgan fingerprint density at radius 2 is 2.20 bits per heavy atom.